The fourth-order valence-corrected chi connectivity index (χ4v) is 2.39. The van der Waals surface area contributed by atoms with Crippen LogP contribution in [0.4, 0.5) is 0 Å². The van der Waals surface area contributed by atoms with E-state index in [1.54, 1.807) is 11.8 Å². The lowest BCUT2D eigenvalue weighted by Gasteiger charge is -2.26. The van der Waals surface area contributed by atoms with E-state index in [0.29, 0.717) is 0 Å². The molecule has 1 unspecified atom stereocenters. The molecule has 0 radical (unpaired) electrons. The summed E-state index contributed by atoms with van der Waals surface area (Å²) >= 11 is 1.80. The van der Waals surface area contributed by atoms with Crippen molar-refractivity contribution in [1.82, 2.24) is 10.6 Å². The SMILES string of the molecule is CCC(C)(C)NC(=O)C(C)NCCSc1ccccc1. The number of nitrogens with one attached hydrogen (secondary N) is 2. The van der Waals surface area contributed by atoms with Crippen LogP contribution >= 0.6 is 11.8 Å². The van der Waals surface area contributed by atoms with Crippen molar-refractivity contribution in [2.24, 2.45) is 0 Å². The van der Waals surface area contributed by atoms with Crippen LogP contribution in [0.1, 0.15) is 34.1 Å². The van der Waals surface area contributed by atoms with Crippen molar-refractivity contribution in [3.8, 4) is 0 Å². The third kappa shape index (κ3) is 6.44. The predicted octanol–water partition coefficient (Wildman–Crippen LogP) is 3.06. The Bertz CT molecular complexity index is 406. The van der Waals surface area contributed by atoms with Crippen molar-refractivity contribution in [1.29, 1.82) is 0 Å². The molecule has 0 aliphatic heterocycles. The normalized spacial score (nSPS) is 13.0. The first kappa shape index (κ1) is 17.1. The van der Waals surface area contributed by atoms with Gasteiger partial charge in [-0.25, -0.2) is 0 Å². The van der Waals surface area contributed by atoms with Crippen LogP contribution in [-0.4, -0.2) is 29.8 Å². The van der Waals surface area contributed by atoms with Gasteiger partial charge in [-0.1, -0.05) is 25.1 Å². The van der Waals surface area contributed by atoms with E-state index in [9.17, 15) is 4.79 Å². The van der Waals surface area contributed by atoms with Gasteiger partial charge in [0.05, 0.1) is 6.04 Å². The summed E-state index contributed by atoms with van der Waals surface area (Å²) in [5.74, 6) is 1.03. The molecule has 112 valence electrons. The van der Waals surface area contributed by atoms with Gasteiger partial charge in [-0.3, -0.25) is 4.79 Å². The summed E-state index contributed by atoms with van der Waals surface area (Å²) in [4.78, 5) is 13.3. The van der Waals surface area contributed by atoms with Crippen molar-refractivity contribution < 1.29 is 4.79 Å². The van der Waals surface area contributed by atoms with Crippen LogP contribution in [0.2, 0.25) is 0 Å². The minimum Gasteiger partial charge on any atom is -0.350 e. The third-order valence-electron chi connectivity index (χ3n) is 3.30. The van der Waals surface area contributed by atoms with Gasteiger partial charge in [0.2, 0.25) is 5.91 Å². The number of hydrogen-bond acceptors (Lipinski definition) is 3. The van der Waals surface area contributed by atoms with Gasteiger partial charge in [0.1, 0.15) is 0 Å². The van der Waals surface area contributed by atoms with Crippen molar-refractivity contribution in [2.75, 3.05) is 12.3 Å². The highest BCUT2D eigenvalue weighted by Crippen LogP contribution is 2.15. The van der Waals surface area contributed by atoms with Gasteiger partial charge in [-0.15, -0.1) is 11.8 Å². The molecule has 2 N–H and O–H groups in total. The van der Waals surface area contributed by atoms with Crippen LogP contribution < -0.4 is 10.6 Å². The summed E-state index contributed by atoms with van der Waals surface area (Å²) in [6, 6.07) is 10.1. The first-order valence-corrected chi connectivity index (χ1v) is 8.16. The average Bonchev–Trinajstić information content (AvgIpc) is 2.44. The minimum absolute atomic E-state index is 0.0709. The van der Waals surface area contributed by atoms with Gasteiger partial charge in [0, 0.05) is 22.7 Å². The monoisotopic (exact) mass is 294 g/mol. The number of carbonyl (C=O) groups excluding carboxylic acids is 1. The Labute approximate surface area is 126 Å². The first-order chi connectivity index (χ1) is 9.44. The fraction of sp³-hybridized carbons (Fsp3) is 0.562. The lowest BCUT2D eigenvalue weighted by Crippen LogP contribution is -2.51. The number of thioether (sulfide) groups is 1. The molecule has 0 heterocycles. The molecule has 0 aliphatic rings. The minimum atomic E-state index is -0.155. The lowest BCUT2D eigenvalue weighted by atomic mass is 10.0. The maximum Gasteiger partial charge on any atom is 0.237 e. The number of carbonyl (C=O) groups is 1. The fourth-order valence-electron chi connectivity index (χ4n) is 1.58. The Kier molecular flexibility index (Phi) is 7.10. The summed E-state index contributed by atoms with van der Waals surface area (Å²) in [6.07, 6.45) is 0.926. The highest BCUT2D eigenvalue weighted by atomic mass is 32.2. The van der Waals surface area contributed by atoms with Gasteiger partial charge >= 0.3 is 0 Å². The Morgan fingerprint density at radius 2 is 1.95 bits per heavy atom. The van der Waals surface area contributed by atoms with E-state index < -0.39 is 0 Å². The van der Waals surface area contributed by atoms with E-state index in [0.717, 1.165) is 18.7 Å². The molecule has 1 atom stereocenters. The van der Waals surface area contributed by atoms with Crippen LogP contribution in [-0.2, 0) is 4.79 Å². The van der Waals surface area contributed by atoms with Gasteiger partial charge in [-0.2, -0.15) is 0 Å². The van der Waals surface area contributed by atoms with Crippen LogP contribution in [0.15, 0.2) is 35.2 Å². The lowest BCUT2D eigenvalue weighted by molar-refractivity contribution is -0.124. The summed E-state index contributed by atoms with van der Waals surface area (Å²) < 4.78 is 0. The molecular weight excluding hydrogens is 268 g/mol. The van der Waals surface area contributed by atoms with E-state index >= 15 is 0 Å². The van der Waals surface area contributed by atoms with Gasteiger partial charge in [-0.05, 0) is 39.3 Å². The molecule has 0 fully saturated rings. The topological polar surface area (TPSA) is 41.1 Å². The summed E-state index contributed by atoms with van der Waals surface area (Å²) in [5.41, 5.74) is -0.133. The Hall–Kier alpha value is -1.00. The molecule has 1 aromatic rings. The average molecular weight is 294 g/mol. The Morgan fingerprint density at radius 3 is 2.55 bits per heavy atom. The zero-order valence-corrected chi connectivity index (χ0v) is 13.7. The number of amides is 1. The molecule has 0 saturated heterocycles. The maximum absolute atomic E-state index is 12.0. The summed E-state index contributed by atoms with van der Waals surface area (Å²) in [7, 11) is 0. The molecule has 1 rings (SSSR count). The van der Waals surface area contributed by atoms with Gasteiger partial charge < -0.3 is 10.6 Å². The highest BCUT2D eigenvalue weighted by molar-refractivity contribution is 7.99. The molecule has 1 amide bonds. The Balaban J connectivity index is 2.23. The molecule has 0 aromatic heterocycles. The van der Waals surface area contributed by atoms with Crippen LogP contribution in [0.25, 0.3) is 0 Å². The number of rotatable bonds is 8. The first-order valence-electron chi connectivity index (χ1n) is 7.18. The van der Waals surface area contributed by atoms with Gasteiger partial charge in [0.25, 0.3) is 0 Å². The second-order valence-corrected chi connectivity index (χ2v) is 6.73. The zero-order chi connectivity index (χ0) is 15.0. The second kappa shape index (κ2) is 8.32. The van der Waals surface area contributed by atoms with Crippen molar-refractivity contribution in [2.45, 2.75) is 50.6 Å². The molecule has 20 heavy (non-hydrogen) atoms. The van der Waals surface area contributed by atoms with Gasteiger partial charge in [0.15, 0.2) is 0 Å². The smallest absolute Gasteiger partial charge is 0.237 e. The zero-order valence-electron chi connectivity index (χ0n) is 12.9. The standard InChI is InChI=1S/C16H26N2OS/c1-5-16(3,4)18-15(19)13(2)17-11-12-20-14-9-7-6-8-10-14/h6-10,13,17H,5,11-12H2,1-4H3,(H,18,19). The molecule has 0 saturated carbocycles. The van der Waals surface area contributed by atoms with E-state index in [2.05, 4.69) is 29.7 Å². The van der Waals surface area contributed by atoms with E-state index in [1.165, 1.54) is 4.90 Å². The molecule has 0 bridgehead atoms. The molecule has 0 aliphatic carbocycles. The van der Waals surface area contributed by atoms with Crippen molar-refractivity contribution >= 4 is 17.7 Å². The molecule has 4 heteroatoms. The largest absolute Gasteiger partial charge is 0.350 e. The summed E-state index contributed by atoms with van der Waals surface area (Å²) in [6.45, 7) is 8.90. The van der Waals surface area contributed by atoms with E-state index in [-0.39, 0.29) is 17.5 Å². The van der Waals surface area contributed by atoms with E-state index in [1.807, 2.05) is 39.0 Å². The molecular formula is C16H26N2OS. The summed E-state index contributed by atoms with van der Waals surface area (Å²) in [5, 5.41) is 6.32. The van der Waals surface area contributed by atoms with Crippen LogP contribution in [0.5, 0.6) is 0 Å². The maximum atomic E-state index is 12.0. The quantitative estimate of drug-likeness (QED) is 0.572. The van der Waals surface area contributed by atoms with Crippen LogP contribution in [0, 0.1) is 0 Å². The van der Waals surface area contributed by atoms with Crippen molar-refractivity contribution in [3.63, 3.8) is 0 Å². The molecule has 0 spiro atoms. The third-order valence-corrected chi connectivity index (χ3v) is 4.32. The van der Waals surface area contributed by atoms with E-state index in [4.69, 9.17) is 0 Å². The number of benzene rings is 1. The van der Waals surface area contributed by atoms with Crippen LogP contribution in [0.3, 0.4) is 0 Å². The predicted molar refractivity (Wildman–Crippen MR) is 87.1 cm³/mol. The second-order valence-electron chi connectivity index (χ2n) is 5.56. The Morgan fingerprint density at radius 1 is 1.30 bits per heavy atom. The number of hydrogen-bond donors (Lipinski definition) is 2. The van der Waals surface area contributed by atoms with Crippen molar-refractivity contribution in [3.05, 3.63) is 30.3 Å². The molecule has 3 nitrogen and oxygen atoms in total. The molecule has 1 aromatic carbocycles. The highest BCUT2D eigenvalue weighted by Gasteiger charge is 2.21.